The van der Waals surface area contributed by atoms with Gasteiger partial charge in [-0.3, -0.25) is 9.69 Å². The van der Waals surface area contributed by atoms with E-state index in [1.54, 1.807) is 0 Å². The maximum absolute atomic E-state index is 13.2. The van der Waals surface area contributed by atoms with Crippen molar-refractivity contribution in [3.05, 3.63) is 77.0 Å². The lowest BCUT2D eigenvalue weighted by Gasteiger charge is -2.56. The van der Waals surface area contributed by atoms with Crippen molar-refractivity contribution in [2.24, 2.45) is 11.8 Å². The molecule has 32 heavy (non-hydrogen) atoms. The first-order valence-corrected chi connectivity index (χ1v) is 12.3. The number of nitrogens with zero attached hydrogens (tertiary/aromatic N) is 1. The molecule has 0 radical (unpaired) electrons. The van der Waals surface area contributed by atoms with Gasteiger partial charge in [-0.2, -0.15) is 0 Å². The van der Waals surface area contributed by atoms with E-state index >= 15 is 0 Å². The van der Waals surface area contributed by atoms with E-state index in [2.05, 4.69) is 59.3 Å². The molecular weight excluding hydrogens is 392 g/mol. The number of aromatic amines is 1. The quantitative estimate of drug-likeness (QED) is 0.515. The number of Topliss-reactive ketones (excluding diaryl/α,β-unsaturated/α-hetero) is 1. The van der Waals surface area contributed by atoms with Crippen molar-refractivity contribution in [3.8, 4) is 0 Å². The van der Waals surface area contributed by atoms with Gasteiger partial charge >= 0.3 is 0 Å². The van der Waals surface area contributed by atoms with Crippen molar-refractivity contribution in [1.29, 1.82) is 0 Å². The molecule has 2 aliphatic heterocycles. The van der Waals surface area contributed by atoms with E-state index in [4.69, 9.17) is 0 Å². The molecule has 3 heterocycles. The largest absolute Gasteiger partial charge is 0.357 e. The molecule has 3 aliphatic rings. The lowest BCUT2D eigenvalue weighted by Crippen LogP contribution is -2.58. The number of benzene rings is 2. The number of hydrogen-bond donors (Lipinski definition) is 1. The number of piperidine rings is 1. The van der Waals surface area contributed by atoms with E-state index in [0.717, 1.165) is 56.3 Å². The fraction of sp³-hybridized carbons (Fsp3) is 0.414. The van der Waals surface area contributed by atoms with Crippen molar-refractivity contribution in [1.82, 2.24) is 9.88 Å². The van der Waals surface area contributed by atoms with Gasteiger partial charge in [0.2, 0.25) is 0 Å². The summed E-state index contributed by atoms with van der Waals surface area (Å²) in [6, 6.07) is 19.1. The summed E-state index contributed by atoms with van der Waals surface area (Å²) in [5.41, 5.74) is 6.47. The van der Waals surface area contributed by atoms with Crippen LogP contribution in [0.2, 0.25) is 0 Å². The summed E-state index contributed by atoms with van der Waals surface area (Å²) >= 11 is 0. The van der Waals surface area contributed by atoms with Crippen molar-refractivity contribution >= 4 is 22.8 Å². The predicted octanol–water partition coefficient (Wildman–Crippen LogP) is 6.10. The number of para-hydroxylation sites is 1. The molecule has 0 spiro atoms. The number of aromatic nitrogens is 1. The molecule has 3 aromatic rings. The minimum atomic E-state index is 0.0590. The smallest absolute Gasteiger partial charge is 0.159 e. The van der Waals surface area contributed by atoms with E-state index in [0.29, 0.717) is 24.0 Å². The number of nitrogens with one attached hydrogen (secondary N) is 1. The highest BCUT2D eigenvalue weighted by atomic mass is 16.1. The normalized spacial score (nSPS) is 29.0. The van der Waals surface area contributed by atoms with Crippen molar-refractivity contribution in [2.75, 3.05) is 13.1 Å². The number of rotatable bonds is 3. The summed E-state index contributed by atoms with van der Waals surface area (Å²) < 4.78 is 0. The Morgan fingerprint density at radius 1 is 1.06 bits per heavy atom. The lowest BCUT2D eigenvalue weighted by atomic mass is 9.63. The van der Waals surface area contributed by atoms with Gasteiger partial charge in [0.15, 0.2) is 5.78 Å². The predicted molar refractivity (Wildman–Crippen MR) is 130 cm³/mol. The fourth-order valence-corrected chi connectivity index (χ4v) is 6.93. The van der Waals surface area contributed by atoms with Gasteiger partial charge in [0, 0.05) is 36.1 Å². The molecule has 3 atom stereocenters. The summed E-state index contributed by atoms with van der Waals surface area (Å²) in [5.74, 6) is 1.43. The van der Waals surface area contributed by atoms with Crippen LogP contribution in [0.1, 0.15) is 55.8 Å². The third kappa shape index (κ3) is 3.09. The van der Waals surface area contributed by atoms with Gasteiger partial charge in [0.05, 0.1) is 5.54 Å². The van der Waals surface area contributed by atoms with Gasteiger partial charge in [-0.25, -0.2) is 0 Å². The Morgan fingerprint density at radius 3 is 2.72 bits per heavy atom. The number of carbonyl (C=O) groups excluding carboxylic acids is 1. The van der Waals surface area contributed by atoms with E-state index in [1.807, 2.05) is 18.2 Å². The minimum Gasteiger partial charge on any atom is -0.357 e. The summed E-state index contributed by atoms with van der Waals surface area (Å²) in [5, 5.41) is 1.40. The molecule has 2 fully saturated rings. The molecule has 2 aromatic carbocycles. The summed E-state index contributed by atoms with van der Waals surface area (Å²) in [6.07, 6.45) is 8.32. The number of carbonyl (C=O) groups is 1. The minimum absolute atomic E-state index is 0.0590. The Balaban J connectivity index is 1.36. The van der Waals surface area contributed by atoms with Gasteiger partial charge in [-0.05, 0) is 66.4 Å². The van der Waals surface area contributed by atoms with E-state index in [1.165, 1.54) is 22.2 Å². The Kier molecular flexibility index (Phi) is 4.83. The molecule has 1 saturated heterocycles. The molecule has 1 aliphatic carbocycles. The molecule has 0 amide bonds. The number of H-pyrrole nitrogens is 1. The van der Waals surface area contributed by atoms with E-state index in [9.17, 15) is 4.79 Å². The first-order valence-electron chi connectivity index (χ1n) is 12.3. The Hall–Kier alpha value is -2.65. The SMILES string of the molecule is CCC[C@@]12C[C@@H]3CC(=O)/C(=C/c4ccccc4)C[C@H]3CN1CCc1c2[nH]c2ccccc12. The maximum Gasteiger partial charge on any atom is 0.159 e. The third-order valence-electron chi connectivity index (χ3n) is 8.33. The third-order valence-corrected chi connectivity index (χ3v) is 8.33. The second-order valence-electron chi connectivity index (χ2n) is 10.1. The van der Waals surface area contributed by atoms with Crippen molar-refractivity contribution in [3.63, 3.8) is 0 Å². The number of fused-ring (bicyclic) bond motifs is 6. The van der Waals surface area contributed by atoms with Crippen LogP contribution in [0.15, 0.2) is 60.2 Å². The van der Waals surface area contributed by atoms with Crippen molar-refractivity contribution in [2.45, 2.75) is 51.0 Å². The highest BCUT2D eigenvalue weighted by molar-refractivity contribution is 6.00. The zero-order chi connectivity index (χ0) is 21.7. The van der Waals surface area contributed by atoms with Crippen LogP contribution >= 0.6 is 0 Å². The van der Waals surface area contributed by atoms with Crippen LogP contribution in [0, 0.1) is 11.8 Å². The average molecular weight is 425 g/mol. The van der Waals surface area contributed by atoms with Crippen LogP contribution in [-0.2, 0) is 16.8 Å². The van der Waals surface area contributed by atoms with Crippen LogP contribution in [-0.4, -0.2) is 28.8 Å². The summed E-state index contributed by atoms with van der Waals surface area (Å²) in [7, 11) is 0. The molecule has 1 N–H and O–H groups in total. The Morgan fingerprint density at radius 2 is 1.88 bits per heavy atom. The highest BCUT2D eigenvalue weighted by Gasteiger charge is 2.51. The summed E-state index contributed by atoms with van der Waals surface area (Å²) in [4.78, 5) is 19.8. The zero-order valence-electron chi connectivity index (χ0n) is 18.9. The lowest BCUT2D eigenvalue weighted by molar-refractivity contribution is -0.121. The van der Waals surface area contributed by atoms with Crippen LogP contribution < -0.4 is 0 Å². The maximum atomic E-state index is 13.2. The highest BCUT2D eigenvalue weighted by Crippen LogP contribution is 2.52. The Bertz CT molecular complexity index is 1190. The van der Waals surface area contributed by atoms with Crippen molar-refractivity contribution < 1.29 is 4.79 Å². The molecule has 6 rings (SSSR count). The van der Waals surface area contributed by atoms with Crippen LogP contribution in [0.25, 0.3) is 17.0 Å². The Labute approximate surface area is 190 Å². The van der Waals surface area contributed by atoms with Crippen LogP contribution in [0.4, 0.5) is 0 Å². The molecular formula is C29H32N2O. The number of ketones is 1. The van der Waals surface area contributed by atoms with Gasteiger partial charge in [0.1, 0.15) is 0 Å². The average Bonchev–Trinajstić information content (AvgIpc) is 3.19. The monoisotopic (exact) mass is 424 g/mol. The fourth-order valence-electron chi connectivity index (χ4n) is 6.93. The summed E-state index contributed by atoms with van der Waals surface area (Å²) in [6.45, 7) is 4.55. The molecule has 0 unspecified atom stereocenters. The zero-order valence-corrected chi connectivity index (χ0v) is 18.9. The molecule has 1 aromatic heterocycles. The van der Waals surface area contributed by atoms with E-state index < -0.39 is 0 Å². The van der Waals surface area contributed by atoms with Gasteiger partial charge < -0.3 is 4.98 Å². The second kappa shape index (κ2) is 7.74. The first-order chi connectivity index (χ1) is 15.7. The van der Waals surface area contributed by atoms with Crippen LogP contribution in [0.3, 0.4) is 0 Å². The second-order valence-corrected chi connectivity index (χ2v) is 10.1. The topological polar surface area (TPSA) is 36.1 Å². The van der Waals surface area contributed by atoms with Gasteiger partial charge in [0.25, 0.3) is 0 Å². The van der Waals surface area contributed by atoms with E-state index in [-0.39, 0.29) is 5.54 Å². The molecule has 3 nitrogen and oxygen atoms in total. The van der Waals surface area contributed by atoms with Gasteiger partial charge in [-0.15, -0.1) is 0 Å². The number of allylic oxidation sites excluding steroid dienone is 1. The molecule has 0 bridgehead atoms. The van der Waals surface area contributed by atoms with Crippen LogP contribution in [0.5, 0.6) is 0 Å². The molecule has 3 heteroatoms. The standard InChI is InChI=1S/C29H32N2O/c1-2-13-29-18-22-17-27(32)21(15-20-8-4-3-5-9-20)16-23(22)19-31(29)14-12-25-24-10-6-7-11-26(24)30-28(25)29/h3-11,15,22-23,30H,2,12-14,16-19H2,1H3/b21-15+/t22-,23-,29-/m0/s1. The number of hydrogen-bond acceptors (Lipinski definition) is 2. The van der Waals surface area contributed by atoms with Gasteiger partial charge in [-0.1, -0.05) is 61.9 Å². The molecule has 1 saturated carbocycles. The molecule has 164 valence electrons. The first kappa shape index (κ1) is 20.0.